The summed E-state index contributed by atoms with van der Waals surface area (Å²) in [5.41, 5.74) is 14.2. The summed E-state index contributed by atoms with van der Waals surface area (Å²) in [6.07, 6.45) is 1.88. The van der Waals surface area contributed by atoms with Crippen molar-refractivity contribution in [3.63, 3.8) is 0 Å². The summed E-state index contributed by atoms with van der Waals surface area (Å²) in [5.74, 6) is 0. The normalized spacial score (nSPS) is 14.1. The Morgan fingerprint density at radius 2 is 1.04 bits per heavy atom. The lowest BCUT2D eigenvalue weighted by molar-refractivity contribution is 0.669. The molecule has 0 saturated carbocycles. The Balaban J connectivity index is 1.03. The van der Waals surface area contributed by atoms with E-state index in [4.69, 9.17) is 9.41 Å². The molecule has 1 aromatic heterocycles. The Kier molecular flexibility index (Phi) is 7.89. The van der Waals surface area contributed by atoms with Crippen LogP contribution in [0.2, 0.25) is 0 Å². The fourth-order valence-corrected chi connectivity index (χ4v) is 8.51. The Bertz CT molecular complexity index is 3210. The second-order valence-electron chi connectivity index (χ2n) is 14.7. The molecule has 268 valence electrons. The van der Waals surface area contributed by atoms with Gasteiger partial charge in [-0.25, -0.2) is 0 Å². The molecule has 1 N–H and O–H groups in total. The SMILES string of the molecule is C1=C(c2ccccc2)NC(c2ccc(-c3ccccc3-c3ccc4oc5cc6ccccc6cc5c4c3)c3ccccc23)N=C1c1cccc(-c2ccccc2)c1. The highest BCUT2D eigenvalue weighted by atomic mass is 16.3. The highest BCUT2D eigenvalue weighted by Crippen LogP contribution is 2.42. The summed E-state index contributed by atoms with van der Waals surface area (Å²) in [6, 6.07) is 71.3. The van der Waals surface area contributed by atoms with Gasteiger partial charge in [0, 0.05) is 27.6 Å². The number of benzene rings is 9. The van der Waals surface area contributed by atoms with Crippen molar-refractivity contribution in [2.24, 2.45) is 4.99 Å². The molecule has 2 heterocycles. The zero-order valence-electron chi connectivity index (χ0n) is 31.1. The molecule has 0 fully saturated rings. The van der Waals surface area contributed by atoms with Crippen LogP contribution in [0.1, 0.15) is 22.9 Å². The summed E-state index contributed by atoms with van der Waals surface area (Å²) >= 11 is 0. The molecule has 11 rings (SSSR count). The molecule has 3 nitrogen and oxygen atoms in total. The number of nitrogens with zero attached hydrogens (tertiary/aromatic N) is 1. The summed E-state index contributed by atoms with van der Waals surface area (Å²) in [7, 11) is 0. The second kappa shape index (κ2) is 13.7. The van der Waals surface area contributed by atoms with E-state index in [0.29, 0.717) is 0 Å². The van der Waals surface area contributed by atoms with E-state index in [9.17, 15) is 0 Å². The van der Waals surface area contributed by atoms with Gasteiger partial charge in [-0.15, -0.1) is 0 Å². The van der Waals surface area contributed by atoms with Crippen LogP contribution >= 0.6 is 0 Å². The molecular formula is C54H36N2O. The Labute approximate surface area is 330 Å². The van der Waals surface area contributed by atoms with Gasteiger partial charge in [-0.3, -0.25) is 4.99 Å². The van der Waals surface area contributed by atoms with Gasteiger partial charge in [0.2, 0.25) is 0 Å². The summed E-state index contributed by atoms with van der Waals surface area (Å²) in [5, 5.41) is 10.8. The maximum Gasteiger partial charge on any atom is 0.146 e. The van der Waals surface area contributed by atoms with E-state index in [0.717, 1.165) is 55.6 Å². The zero-order valence-corrected chi connectivity index (χ0v) is 31.1. The first-order chi connectivity index (χ1) is 28.2. The summed E-state index contributed by atoms with van der Waals surface area (Å²) in [4.78, 5) is 5.44. The second-order valence-corrected chi connectivity index (χ2v) is 14.7. The van der Waals surface area contributed by atoms with E-state index >= 15 is 0 Å². The molecule has 1 aliphatic heterocycles. The van der Waals surface area contributed by atoms with E-state index in [2.05, 4.69) is 212 Å². The molecule has 10 aromatic rings. The lowest BCUT2D eigenvalue weighted by Crippen LogP contribution is -2.25. The third-order valence-electron chi connectivity index (χ3n) is 11.3. The predicted molar refractivity (Wildman–Crippen MR) is 238 cm³/mol. The molecule has 1 aliphatic rings. The molecule has 0 radical (unpaired) electrons. The van der Waals surface area contributed by atoms with Crippen LogP contribution in [0, 0.1) is 0 Å². The molecule has 0 amide bonds. The first-order valence-electron chi connectivity index (χ1n) is 19.5. The Morgan fingerprint density at radius 1 is 0.386 bits per heavy atom. The minimum absolute atomic E-state index is 0.303. The monoisotopic (exact) mass is 728 g/mol. The Morgan fingerprint density at radius 3 is 1.86 bits per heavy atom. The number of nitrogens with one attached hydrogen (secondary N) is 1. The minimum atomic E-state index is -0.303. The molecule has 0 aliphatic carbocycles. The predicted octanol–water partition coefficient (Wildman–Crippen LogP) is 14.0. The van der Waals surface area contributed by atoms with Gasteiger partial charge >= 0.3 is 0 Å². The van der Waals surface area contributed by atoms with Gasteiger partial charge in [-0.05, 0) is 96.9 Å². The topological polar surface area (TPSA) is 37.5 Å². The van der Waals surface area contributed by atoms with Crippen molar-refractivity contribution in [1.82, 2.24) is 5.32 Å². The van der Waals surface area contributed by atoms with E-state index < -0.39 is 0 Å². The fourth-order valence-electron chi connectivity index (χ4n) is 8.51. The van der Waals surface area contributed by atoms with Gasteiger partial charge in [0.25, 0.3) is 0 Å². The first-order valence-corrected chi connectivity index (χ1v) is 19.5. The van der Waals surface area contributed by atoms with Gasteiger partial charge in [-0.1, -0.05) is 170 Å². The average molecular weight is 729 g/mol. The number of hydrogen-bond acceptors (Lipinski definition) is 3. The lowest BCUT2D eigenvalue weighted by Gasteiger charge is -2.26. The number of rotatable bonds is 6. The van der Waals surface area contributed by atoms with Crippen LogP contribution in [-0.2, 0) is 0 Å². The maximum atomic E-state index is 6.37. The highest BCUT2D eigenvalue weighted by molar-refractivity contribution is 6.14. The van der Waals surface area contributed by atoms with Crippen LogP contribution in [-0.4, -0.2) is 5.71 Å². The number of aliphatic imine (C=N–C) groups is 1. The van der Waals surface area contributed by atoms with Crippen LogP contribution in [0.4, 0.5) is 0 Å². The van der Waals surface area contributed by atoms with Crippen molar-refractivity contribution in [3.8, 4) is 33.4 Å². The van der Waals surface area contributed by atoms with Crippen molar-refractivity contribution in [3.05, 3.63) is 223 Å². The third-order valence-corrected chi connectivity index (χ3v) is 11.3. The molecule has 1 unspecified atom stereocenters. The Hall–Kier alpha value is -7.49. The van der Waals surface area contributed by atoms with E-state index in [-0.39, 0.29) is 6.17 Å². The van der Waals surface area contributed by atoms with Gasteiger partial charge in [0.1, 0.15) is 17.3 Å². The van der Waals surface area contributed by atoms with Gasteiger partial charge in [0.15, 0.2) is 0 Å². The summed E-state index contributed by atoms with van der Waals surface area (Å²) in [6.45, 7) is 0. The quantitative estimate of drug-likeness (QED) is 0.185. The average Bonchev–Trinajstić information content (AvgIpc) is 3.65. The van der Waals surface area contributed by atoms with Crippen molar-refractivity contribution in [2.75, 3.05) is 0 Å². The van der Waals surface area contributed by atoms with E-state index in [1.165, 1.54) is 49.4 Å². The number of furan rings is 1. The van der Waals surface area contributed by atoms with Crippen molar-refractivity contribution >= 4 is 54.9 Å². The summed E-state index contributed by atoms with van der Waals surface area (Å²) < 4.78 is 6.37. The first kappa shape index (κ1) is 32.9. The molecule has 0 saturated heterocycles. The molecule has 9 aromatic carbocycles. The minimum Gasteiger partial charge on any atom is -0.456 e. The number of allylic oxidation sites excluding steroid dienone is 1. The highest BCUT2D eigenvalue weighted by Gasteiger charge is 2.23. The molecule has 0 spiro atoms. The molecule has 57 heavy (non-hydrogen) atoms. The van der Waals surface area contributed by atoms with Crippen molar-refractivity contribution in [2.45, 2.75) is 6.17 Å². The van der Waals surface area contributed by atoms with Crippen LogP contribution in [0.15, 0.2) is 216 Å². The fraction of sp³-hybridized carbons (Fsp3) is 0.0185. The lowest BCUT2D eigenvalue weighted by atomic mass is 9.89. The van der Waals surface area contributed by atoms with Gasteiger partial charge in [-0.2, -0.15) is 0 Å². The van der Waals surface area contributed by atoms with Gasteiger partial charge < -0.3 is 9.73 Å². The van der Waals surface area contributed by atoms with Crippen LogP contribution in [0.5, 0.6) is 0 Å². The number of fused-ring (bicyclic) bond motifs is 5. The van der Waals surface area contributed by atoms with Crippen LogP contribution < -0.4 is 5.32 Å². The van der Waals surface area contributed by atoms with E-state index in [1.807, 2.05) is 0 Å². The largest absolute Gasteiger partial charge is 0.456 e. The number of hydrogen-bond donors (Lipinski definition) is 1. The molecule has 1 atom stereocenters. The maximum absolute atomic E-state index is 6.37. The molecular weight excluding hydrogens is 693 g/mol. The van der Waals surface area contributed by atoms with Crippen LogP contribution in [0.25, 0.3) is 82.6 Å². The van der Waals surface area contributed by atoms with Crippen molar-refractivity contribution in [1.29, 1.82) is 0 Å². The standard InChI is InChI=1S/C54H36N2O/c1-3-14-35(15-4-1)37-20-13-21-41(30-37)51-34-50(36-16-5-2-6-17-36)55-54(56-51)47-28-27-46(44-24-11-12-25-45(44)47)43-23-10-9-22-42(43)40-26-29-52-48(32-40)49-31-38-18-7-8-19-39(38)33-53(49)57-52/h1-34,54-55H. The van der Waals surface area contributed by atoms with Crippen molar-refractivity contribution < 1.29 is 4.42 Å². The molecule has 0 bridgehead atoms. The molecule has 3 heteroatoms. The van der Waals surface area contributed by atoms with E-state index in [1.54, 1.807) is 0 Å². The zero-order chi connectivity index (χ0) is 37.7. The van der Waals surface area contributed by atoms with Gasteiger partial charge in [0.05, 0.1) is 5.71 Å². The third kappa shape index (κ3) is 5.89. The van der Waals surface area contributed by atoms with Crippen LogP contribution in [0.3, 0.4) is 0 Å². The smallest absolute Gasteiger partial charge is 0.146 e.